The van der Waals surface area contributed by atoms with E-state index in [1.165, 1.54) is 5.56 Å². The second-order valence-corrected chi connectivity index (χ2v) is 5.23. The molecule has 2 heterocycles. The minimum absolute atomic E-state index is 0.285. The van der Waals surface area contributed by atoms with Crippen molar-refractivity contribution in [2.75, 3.05) is 39.3 Å². The number of piperazine rings is 1. The molecule has 2 rings (SSSR count). The van der Waals surface area contributed by atoms with Crippen molar-refractivity contribution < 1.29 is 5.11 Å². The van der Waals surface area contributed by atoms with E-state index in [9.17, 15) is 5.11 Å². The third-order valence-electron chi connectivity index (χ3n) is 4.07. The zero-order valence-corrected chi connectivity index (χ0v) is 11.8. The fourth-order valence-electron chi connectivity index (χ4n) is 2.69. The summed E-state index contributed by atoms with van der Waals surface area (Å²) < 4.78 is 0. The highest BCUT2D eigenvalue weighted by atomic mass is 16.3. The average molecular weight is 263 g/mol. The van der Waals surface area contributed by atoms with Crippen LogP contribution in [0.15, 0.2) is 24.5 Å². The minimum Gasteiger partial charge on any atom is -0.395 e. The highest BCUT2D eigenvalue weighted by molar-refractivity contribution is 5.09. The van der Waals surface area contributed by atoms with Gasteiger partial charge in [-0.05, 0) is 30.5 Å². The number of hydrogen-bond donors (Lipinski definition) is 1. The van der Waals surface area contributed by atoms with E-state index in [0.29, 0.717) is 6.04 Å². The lowest BCUT2D eigenvalue weighted by atomic mass is 10.1. The van der Waals surface area contributed by atoms with Crippen molar-refractivity contribution in [3.63, 3.8) is 0 Å². The predicted octanol–water partition coefficient (Wildman–Crippen LogP) is 1.01. The highest BCUT2D eigenvalue weighted by Crippen LogP contribution is 2.09. The maximum atomic E-state index is 9.34. The van der Waals surface area contributed by atoms with Crippen LogP contribution in [0, 0.1) is 0 Å². The van der Waals surface area contributed by atoms with Gasteiger partial charge in [0.2, 0.25) is 0 Å². The number of aromatic nitrogens is 1. The van der Waals surface area contributed by atoms with E-state index < -0.39 is 0 Å². The van der Waals surface area contributed by atoms with E-state index in [0.717, 1.165) is 45.6 Å². The zero-order valence-electron chi connectivity index (χ0n) is 11.8. The van der Waals surface area contributed by atoms with Gasteiger partial charge in [-0.1, -0.05) is 6.92 Å². The Kier molecular flexibility index (Phi) is 5.76. The van der Waals surface area contributed by atoms with Crippen LogP contribution < -0.4 is 0 Å². The molecule has 1 aliphatic heterocycles. The van der Waals surface area contributed by atoms with Crippen molar-refractivity contribution in [1.29, 1.82) is 0 Å². The van der Waals surface area contributed by atoms with Gasteiger partial charge in [0.1, 0.15) is 0 Å². The lowest BCUT2D eigenvalue weighted by molar-refractivity contribution is 0.0641. The number of hydrogen-bond acceptors (Lipinski definition) is 4. The second kappa shape index (κ2) is 7.58. The molecular formula is C15H25N3O. The first-order valence-electron chi connectivity index (χ1n) is 7.29. The lowest BCUT2D eigenvalue weighted by Gasteiger charge is -2.38. The molecular weight excluding hydrogens is 238 g/mol. The molecule has 0 saturated carbocycles. The van der Waals surface area contributed by atoms with Crippen molar-refractivity contribution in [2.45, 2.75) is 25.8 Å². The number of nitrogens with zero attached hydrogens (tertiary/aromatic N) is 3. The van der Waals surface area contributed by atoms with E-state index in [4.69, 9.17) is 0 Å². The Morgan fingerprint density at radius 2 is 1.89 bits per heavy atom. The molecule has 1 atom stereocenters. The van der Waals surface area contributed by atoms with Crippen molar-refractivity contribution >= 4 is 0 Å². The van der Waals surface area contributed by atoms with Gasteiger partial charge in [-0.2, -0.15) is 0 Å². The van der Waals surface area contributed by atoms with Crippen LogP contribution in [0.4, 0.5) is 0 Å². The van der Waals surface area contributed by atoms with Crippen LogP contribution in [0.25, 0.3) is 0 Å². The molecule has 1 fully saturated rings. The van der Waals surface area contributed by atoms with Crippen LogP contribution in [-0.4, -0.2) is 65.3 Å². The standard InChI is InChI=1S/C15H25N3O/c1-2-15(13-19)18-11-9-17(10-12-18)8-5-14-3-6-16-7-4-14/h3-4,6-7,15,19H,2,5,8-13H2,1H3. The van der Waals surface area contributed by atoms with Gasteiger partial charge in [0, 0.05) is 51.2 Å². The number of aliphatic hydroxyl groups is 1. The third kappa shape index (κ3) is 4.27. The van der Waals surface area contributed by atoms with Gasteiger partial charge in [0.05, 0.1) is 6.61 Å². The van der Waals surface area contributed by atoms with Gasteiger partial charge in [-0.3, -0.25) is 9.88 Å². The van der Waals surface area contributed by atoms with Gasteiger partial charge >= 0.3 is 0 Å². The first kappa shape index (κ1) is 14.4. The molecule has 1 aliphatic rings. The van der Waals surface area contributed by atoms with Crippen molar-refractivity contribution in [2.24, 2.45) is 0 Å². The summed E-state index contributed by atoms with van der Waals surface area (Å²) in [7, 11) is 0. The van der Waals surface area contributed by atoms with Crippen molar-refractivity contribution in [1.82, 2.24) is 14.8 Å². The Bertz CT molecular complexity index is 346. The van der Waals surface area contributed by atoms with Gasteiger partial charge < -0.3 is 10.0 Å². The van der Waals surface area contributed by atoms with Crippen LogP contribution >= 0.6 is 0 Å². The summed E-state index contributed by atoms with van der Waals surface area (Å²) in [5.74, 6) is 0. The molecule has 1 saturated heterocycles. The van der Waals surface area contributed by atoms with Gasteiger partial charge in [0.15, 0.2) is 0 Å². The molecule has 4 heteroatoms. The van der Waals surface area contributed by atoms with Crippen LogP contribution in [0.5, 0.6) is 0 Å². The number of aliphatic hydroxyl groups excluding tert-OH is 1. The number of rotatable bonds is 6. The normalized spacial score (nSPS) is 19.5. The molecule has 1 unspecified atom stereocenters. The summed E-state index contributed by atoms with van der Waals surface area (Å²) in [6, 6.07) is 4.53. The Morgan fingerprint density at radius 3 is 2.47 bits per heavy atom. The van der Waals surface area contributed by atoms with Crippen LogP contribution in [0.1, 0.15) is 18.9 Å². The first-order valence-corrected chi connectivity index (χ1v) is 7.29. The molecule has 0 amide bonds. The summed E-state index contributed by atoms with van der Waals surface area (Å²) >= 11 is 0. The third-order valence-corrected chi connectivity index (χ3v) is 4.07. The molecule has 0 radical (unpaired) electrons. The van der Waals surface area contributed by atoms with Gasteiger partial charge in [0.25, 0.3) is 0 Å². The first-order chi connectivity index (χ1) is 9.33. The Hall–Kier alpha value is -0.970. The zero-order chi connectivity index (χ0) is 13.5. The maximum Gasteiger partial charge on any atom is 0.0586 e. The van der Waals surface area contributed by atoms with Gasteiger partial charge in [-0.25, -0.2) is 0 Å². The van der Waals surface area contributed by atoms with E-state index in [2.05, 4.69) is 33.8 Å². The summed E-state index contributed by atoms with van der Waals surface area (Å²) in [5.41, 5.74) is 1.36. The Morgan fingerprint density at radius 1 is 1.21 bits per heavy atom. The quantitative estimate of drug-likeness (QED) is 0.831. The lowest BCUT2D eigenvalue weighted by Crippen LogP contribution is -2.51. The summed E-state index contributed by atoms with van der Waals surface area (Å²) in [6.45, 7) is 7.94. The van der Waals surface area contributed by atoms with Crippen molar-refractivity contribution in [3.05, 3.63) is 30.1 Å². The Labute approximate surface area is 116 Å². The fourth-order valence-corrected chi connectivity index (χ4v) is 2.69. The predicted molar refractivity (Wildman–Crippen MR) is 77.1 cm³/mol. The van der Waals surface area contributed by atoms with Gasteiger partial charge in [-0.15, -0.1) is 0 Å². The highest BCUT2D eigenvalue weighted by Gasteiger charge is 2.21. The van der Waals surface area contributed by atoms with E-state index in [1.54, 1.807) is 0 Å². The van der Waals surface area contributed by atoms with Crippen LogP contribution in [0.3, 0.4) is 0 Å². The van der Waals surface area contributed by atoms with E-state index >= 15 is 0 Å². The fraction of sp³-hybridized carbons (Fsp3) is 0.667. The summed E-state index contributed by atoms with van der Waals surface area (Å²) in [4.78, 5) is 8.98. The summed E-state index contributed by atoms with van der Waals surface area (Å²) in [5, 5.41) is 9.34. The maximum absolute atomic E-state index is 9.34. The van der Waals surface area contributed by atoms with Crippen LogP contribution in [0.2, 0.25) is 0 Å². The minimum atomic E-state index is 0.285. The molecule has 1 aromatic heterocycles. The largest absolute Gasteiger partial charge is 0.395 e. The van der Waals surface area contributed by atoms with E-state index in [-0.39, 0.29) is 6.61 Å². The van der Waals surface area contributed by atoms with E-state index in [1.807, 2.05) is 12.4 Å². The second-order valence-electron chi connectivity index (χ2n) is 5.23. The molecule has 0 spiro atoms. The molecule has 1 N–H and O–H groups in total. The molecule has 19 heavy (non-hydrogen) atoms. The topological polar surface area (TPSA) is 39.6 Å². The molecule has 4 nitrogen and oxygen atoms in total. The molecule has 106 valence electrons. The van der Waals surface area contributed by atoms with Crippen molar-refractivity contribution in [3.8, 4) is 0 Å². The SMILES string of the molecule is CCC(CO)N1CCN(CCc2ccncc2)CC1. The number of pyridine rings is 1. The molecule has 0 aliphatic carbocycles. The molecule has 0 bridgehead atoms. The smallest absolute Gasteiger partial charge is 0.0586 e. The average Bonchev–Trinajstić information content (AvgIpc) is 2.49. The molecule has 0 aromatic carbocycles. The van der Waals surface area contributed by atoms with Crippen LogP contribution in [-0.2, 0) is 6.42 Å². The molecule has 1 aromatic rings. The summed E-state index contributed by atoms with van der Waals surface area (Å²) in [6.07, 6.45) is 5.86. The monoisotopic (exact) mass is 263 g/mol. The Balaban J connectivity index is 1.72.